The Morgan fingerprint density at radius 1 is 1.16 bits per heavy atom. The van der Waals surface area contributed by atoms with Crippen LogP contribution in [0.5, 0.6) is 0 Å². The summed E-state index contributed by atoms with van der Waals surface area (Å²) in [5.74, 6) is 1.04. The largest absolute Gasteiger partial charge is 0.340 e. The van der Waals surface area contributed by atoms with Crippen LogP contribution in [0.1, 0.15) is 39.0 Å². The molecular weight excluding hydrogens is 238 g/mol. The van der Waals surface area contributed by atoms with Gasteiger partial charge in [-0.25, -0.2) is 0 Å². The average molecular weight is 265 g/mol. The summed E-state index contributed by atoms with van der Waals surface area (Å²) in [5, 5.41) is 3.41. The first-order valence-electron chi connectivity index (χ1n) is 8.00. The SMILES string of the molecule is CC1CCNC(C(=O)N2CCC(N3CCCC3)C2)C1. The summed E-state index contributed by atoms with van der Waals surface area (Å²) in [7, 11) is 0. The lowest BCUT2D eigenvalue weighted by molar-refractivity contribution is -0.133. The third-order valence-electron chi connectivity index (χ3n) is 5.10. The number of likely N-dealkylation sites (tertiary alicyclic amines) is 2. The minimum atomic E-state index is 0.0843. The molecule has 1 amide bonds. The topological polar surface area (TPSA) is 35.6 Å². The van der Waals surface area contributed by atoms with E-state index in [4.69, 9.17) is 0 Å². The first kappa shape index (κ1) is 13.4. The molecule has 3 aliphatic heterocycles. The van der Waals surface area contributed by atoms with Gasteiger partial charge in [0.15, 0.2) is 0 Å². The summed E-state index contributed by atoms with van der Waals surface area (Å²) in [5.41, 5.74) is 0. The normalized spacial score (nSPS) is 36.9. The predicted molar refractivity (Wildman–Crippen MR) is 76.0 cm³/mol. The molecule has 4 nitrogen and oxygen atoms in total. The molecule has 0 aromatic rings. The van der Waals surface area contributed by atoms with Gasteiger partial charge in [0.2, 0.25) is 5.91 Å². The Labute approximate surface area is 116 Å². The lowest BCUT2D eigenvalue weighted by Crippen LogP contribution is -2.50. The van der Waals surface area contributed by atoms with Crippen LogP contribution in [-0.2, 0) is 4.79 Å². The maximum absolute atomic E-state index is 12.6. The van der Waals surface area contributed by atoms with Crippen molar-refractivity contribution >= 4 is 5.91 Å². The van der Waals surface area contributed by atoms with Crippen molar-refractivity contribution in [3.8, 4) is 0 Å². The van der Waals surface area contributed by atoms with Crippen molar-refractivity contribution in [2.45, 2.75) is 51.1 Å². The zero-order chi connectivity index (χ0) is 13.2. The Morgan fingerprint density at radius 3 is 2.68 bits per heavy atom. The monoisotopic (exact) mass is 265 g/mol. The molecule has 3 heterocycles. The van der Waals surface area contributed by atoms with Crippen molar-refractivity contribution in [2.75, 3.05) is 32.7 Å². The molecule has 3 aliphatic rings. The zero-order valence-corrected chi connectivity index (χ0v) is 12.1. The van der Waals surface area contributed by atoms with Gasteiger partial charge in [0, 0.05) is 19.1 Å². The van der Waals surface area contributed by atoms with Crippen molar-refractivity contribution in [3.63, 3.8) is 0 Å². The summed E-state index contributed by atoms with van der Waals surface area (Å²) in [6.07, 6.45) is 6.08. The number of nitrogens with zero attached hydrogens (tertiary/aromatic N) is 2. The van der Waals surface area contributed by atoms with Crippen LogP contribution in [0.2, 0.25) is 0 Å². The highest BCUT2D eigenvalue weighted by atomic mass is 16.2. The summed E-state index contributed by atoms with van der Waals surface area (Å²) in [4.78, 5) is 17.2. The second-order valence-corrected chi connectivity index (χ2v) is 6.61. The van der Waals surface area contributed by atoms with E-state index in [1.54, 1.807) is 0 Å². The van der Waals surface area contributed by atoms with Crippen LogP contribution < -0.4 is 5.32 Å². The predicted octanol–water partition coefficient (Wildman–Crippen LogP) is 1.07. The van der Waals surface area contributed by atoms with Gasteiger partial charge in [0.05, 0.1) is 6.04 Å². The molecule has 0 bridgehead atoms. The van der Waals surface area contributed by atoms with E-state index in [0.717, 1.165) is 26.1 Å². The molecule has 0 saturated carbocycles. The van der Waals surface area contributed by atoms with Crippen LogP contribution in [-0.4, -0.2) is 60.5 Å². The fourth-order valence-electron chi connectivity index (χ4n) is 3.86. The molecule has 0 aromatic carbocycles. The number of hydrogen-bond acceptors (Lipinski definition) is 3. The Balaban J connectivity index is 1.53. The lowest BCUT2D eigenvalue weighted by Gasteiger charge is -2.31. The highest BCUT2D eigenvalue weighted by molar-refractivity contribution is 5.82. The van der Waals surface area contributed by atoms with E-state index in [9.17, 15) is 4.79 Å². The third-order valence-corrected chi connectivity index (χ3v) is 5.10. The maximum Gasteiger partial charge on any atom is 0.239 e. The van der Waals surface area contributed by atoms with Crippen LogP contribution in [0, 0.1) is 5.92 Å². The van der Waals surface area contributed by atoms with Gasteiger partial charge in [-0.2, -0.15) is 0 Å². The van der Waals surface area contributed by atoms with Gasteiger partial charge in [-0.3, -0.25) is 9.69 Å². The maximum atomic E-state index is 12.6. The number of nitrogens with one attached hydrogen (secondary N) is 1. The van der Waals surface area contributed by atoms with Gasteiger partial charge >= 0.3 is 0 Å². The van der Waals surface area contributed by atoms with Crippen molar-refractivity contribution in [1.29, 1.82) is 0 Å². The van der Waals surface area contributed by atoms with Gasteiger partial charge in [-0.15, -0.1) is 0 Å². The first-order chi connectivity index (χ1) is 9.24. The summed E-state index contributed by atoms with van der Waals surface area (Å²) in [6, 6.07) is 0.716. The average Bonchev–Trinajstić information content (AvgIpc) is 3.08. The van der Waals surface area contributed by atoms with E-state index < -0.39 is 0 Å². The van der Waals surface area contributed by atoms with E-state index in [0.29, 0.717) is 17.9 Å². The van der Waals surface area contributed by atoms with E-state index in [1.165, 1.54) is 38.8 Å². The van der Waals surface area contributed by atoms with E-state index >= 15 is 0 Å². The van der Waals surface area contributed by atoms with E-state index in [1.807, 2.05) is 0 Å². The zero-order valence-electron chi connectivity index (χ0n) is 12.1. The molecule has 0 spiro atoms. The molecule has 0 aromatic heterocycles. The van der Waals surface area contributed by atoms with E-state index in [2.05, 4.69) is 22.0 Å². The first-order valence-corrected chi connectivity index (χ1v) is 8.00. The Hall–Kier alpha value is -0.610. The van der Waals surface area contributed by atoms with Crippen molar-refractivity contribution < 1.29 is 4.79 Å². The standard InChI is InChI=1S/C15H27N3O/c1-12-4-6-16-14(10-12)15(19)18-9-5-13(11-18)17-7-2-3-8-17/h12-14,16H,2-11H2,1H3. The van der Waals surface area contributed by atoms with Crippen molar-refractivity contribution in [2.24, 2.45) is 5.92 Å². The van der Waals surface area contributed by atoms with Gasteiger partial charge in [-0.05, 0) is 57.7 Å². The van der Waals surface area contributed by atoms with Crippen molar-refractivity contribution in [3.05, 3.63) is 0 Å². The molecule has 4 heteroatoms. The molecule has 19 heavy (non-hydrogen) atoms. The quantitative estimate of drug-likeness (QED) is 0.811. The minimum Gasteiger partial charge on any atom is -0.340 e. The Bertz CT molecular complexity index is 327. The van der Waals surface area contributed by atoms with Crippen LogP contribution in [0.4, 0.5) is 0 Å². The van der Waals surface area contributed by atoms with Crippen molar-refractivity contribution in [1.82, 2.24) is 15.1 Å². The second kappa shape index (κ2) is 5.80. The molecule has 3 atom stereocenters. The molecule has 0 radical (unpaired) electrons. The molecule has 108 valence electrons. The highest BCUT2D eigenvalue weighted by Crippen LogP contribution is 2.23. The fraction of sp³-hybridized carbons (Fsp3) is 0.933. The smallest absolute Gasteiger partial charge is 0.239 e. The van der Waals surface area contributed by atoms with Crippen LogP contribution in [0.3, 0.4) is 0 Å². The summed E-state index contributed by atoms with van der Waals surface area (Å²) in [6.45, 7) is 7.67. The lowest BCUT2D eigenvalue weighted by atomic mass is 9.93. The van der Waals surface area contributed by atoms with Gasteiger partial charge in [0.25, 0.3) is 0 Å². The minimum absolute atomic E-state index is 0.0843. The molecule has 3 fully saturated rings. The molecule has 0 aliphatic carbocycles. The van der Waals surface area contributed by atoms with Crippen LogP contribution >= 0.6 is 0 Å². The summed E-state index contributed by atoms with van der Waals surface area (Å²) >= 11 is 0. The number of piperidine rings is 1. The number of amides is 1. The van der Waals surface area contributed by atoms with Gasteiger partial charge in [-0.1, -0.05) is 6.92 Å². The third kappa shape index (κ3) is 2.95. The molecular formula is C15H27N3O. The Kier molecular flexibility index (Phi) is 4.08. The molecule has 3 rings (SSSR count). The number of carbonyl (C=O) groups excluding carboxylic acids is 1. The van der Waals surface area contributed by atoms with Crippen LogP contribution in [0.25, 0.3) is 0 Å². The number of carbonyl (C=O) groups is 1. The second-order valence-electron chi connectivity index (χ2n) is 6.61. The van der Waals surface area contributed by atoms with Gasteiger partial charge in [0.1, 0.15) is 0 Å². The summed E-state index contributed by atoms with van der Waals surface area (Å²) < 4.78 is 0. The molecule has 1 N–H and O–H groups in total. The molecule has 3 saturated heterocycles. The fourth-order valence-corrected chi connectivity index (χ4v) is 3.86. The highest BCUT2D eigenvalue weighted by Gasteiger charge is 2.35. The van der Waals surface area contributed by atoms with Crippen LogP contribution in [0.15, 0.2) is 0 Å². The number of hydrogen-bond donors (Lipinski definition) is 1. The van der Waals surface area contributed by atoms with Gasteiger partial charge < -0.3 is 10.2 Å². The Morgan fingerprint density at radius 2 is 1.95 bits per heavy atom. The molecule has 3 unspecified atom stereocenters. The number of rotatable bonds is 2. The van der Waals surface area contributed by atoms with E-state index in [-0.39, 0.29) is 6.04 Å².